The third-order valence-corrected chi connectivity index (χ3v) is 5.71. The Kier molecular flexibility index (Phi) is 5.01. The second-order valence-electron chi connectivity index (χ2n) is 7.25. The van der Waals surface area contributed by atoms with E-state index in [0.717, 1.165) is 50.4 Å². The molecule has 2 aromatic rings. The molecule has 0 radical (unpaired) electrons. The maximum absolute atomic E-state index is 12.7. The minimum absolute atomic E-state index is 0.00756. The van der Waals surface area contributed by atoms with E-state index in [1.807, 2.05) is 0 Å². The normalized spacial score (nSPS) is 24.3. The van der Waals surface area contributed by atoms with E-state index < -0.39 is 0 Å². The van der Waals surface area contributed by atoms with Gasteiger partial charge in [0, 0.05) is 25.7 Å². The zero-order valence-corrected chi connectivity index (χ0v) is 15.3. The van der Waals surface area contributed by atoms with E-state index in [1.165, 1.54) is 12.8 Å². The summed E-state index contributed by atoms with van der Waals surface area (Å²) < 4.78 is 0. The number of aromatic nitrogens is 4. The van der Waals surface area contributed by atoms with Crippen molar-refractivity contribution >= 4 is 22.9 Å². The highest BCUT2D eigenvalue weighted by molar-refractivity contribution is 5.84. The van der Waals surface area contributed by atoms with Crippen LogP contribution in [0.15, 0.2) is 12.7 Å². The third kappa shape index (κ3) is 3.38. The molecule has 26 heavy (non-hydrogen) atoms. The van der Waals surface area contributed by atoms with Crippen LogP contribution in [0.5, 0.6) is 0 Å². The number of likely N-dealkylation sites (N-methyl/N-ethyl adjacent to an activating group) is 1. The van der Waals surface area contributed by atoms with Crippen LogP contribution in [0.4, 0.5) is 5.82 Å². The predicted octanol–water partition coefficient (Wildman–Crippen LogP) is 1.17. The molecule has 8 nitrogen and oxygen atoms in total. The SMILES string of the molecule is CCN1CCC[C@H]1CNC(=O)[C@@H]1CCCN(c2ncnc3nc[nH]c23)C1. The standard InChI is InChI=1S/C18H27N7O/c1-2-24-7-4-6-14(24)9-19-18(26)13-5-3-8-25(10-13)17-15-16(21-11-20-15)22-12-23-17/h11-14H,2-10H2,1H3,(H,19,26)(H,20,21,22,23)/t13-,14+/m1/s1. The largest absolute Gasteiger partial charge is 0.354 e. The number of hydrogen-bond donors (Lipinski definition) is 2. The first-order valence-corrected chi connectivity index (χ1v) is 9.67. The van der Waals surface area contributed by atoms with Crippen LogP contribution in [-0.2, 0) is 4.79 Å². The number of rotatable bonds is 5. The van der Waals surface area contributed by atoms with Crippen LogP contribution in [0, 0.1) is 5.92 Å². The van der Waals surface area contributed by atoms with Gasteiger partial charge in [-0.1, -0.05) is 6.92 Å². The number of anilines is 1. The van der Waals surface area contributed by atoms with Crippen molar-refractivity contribution in [3.05, 3.63) is 12.7 Å². The number of nitrogens with zero attached hydrogens (tertiary/aromatic N) is 5. The van der Waals surface area contributed by atoms with Gasteiger partial charge in [-0.2, -0.15) is 0 Å². The molecular weight excluding hydrogens is 330 g/mol. The molecule has 0 spiro atoms. The molecule has 8 heteroatoms. The van der Waals surface area contributed by atoms with Crippen molar-refractivity contribution in [2.45, 2.75) is 38.6 Å². The van der Waals surface area contributed by atoms with Crippen molar-refractivity contribution in [1.29, 1.82) is 0 Å². The summed E-state index contributed by atoms with van der Waals surface area (Å²) in [7, 11) is 0. The lowest BCUT2D eigenvalue weighted by atomic mass is 9.97. The molecular formula is C18H27N7O. The monoisotopic (exact) mass is 357 g/mol. The fourth-order valence-corrected chi connectivity index (χ4v) is 4.28. The van der Waals surface area contributed by atoms with Gasteiger partial charge in [-0.25, -0.2) is 15.0 Å². The molecule has 2 N–H and O–H groups in total. The summed E-state index contributed by atoms with van der Waals surface area (Å²) in [5.74, 6) is 1.03. The Morgan fingerprint density at radius 3 is 3.04 bits per heavy atom. The number of fused-ring (bicyclic) bond motifs is 1. The molecule has 2 atom stereocenters. The molecule has 2 aromatic heterocycles. The van der Waals surface area contributed by atoms with Crippen LogP contribution < -0.4 is 10.2 Å². The summed E-state index contributed by atoms with van der Waals surface area (Å²) in [5.41, 5.74) is 1.51. The van der Waals surface area contributed by atoms with Gasteiger partial charge in [0.2, 0.25) is 5.91 Å². The molecule has 2 saturated heterocycles. The molecule has 1 amide bonds. The van der Waals surface area contributed by atoms with Crippen molar-refractivity contribution < 1.29 is 4.79 Å². The van der Waals surface area contributed by atoms with Crippen molar-refractivity contribution in [2.24, 2.45) is 5.92 Å². The number of carbonyl (C=O) groups excluding carboxylic acids is 1. The minimum atomic E-state index is 0.00756. The maximum atomic E-state index is 12.7. The number of likely N-dealkylation sites (tertiary alicyclic amines) is 1. The van der Waals surface area contributed by atoms with E-state index in [0.29, 0.717) is 18.2 Å². The van der Waals surface area contributed by atoms with E-state index >= 15 is 0 Å². The predicted molar refractivity (Wildman–Crippen MR) is 99.9 cm³/mol. The molecule has 2 aliphatic heterocycles. The van der Waals surface area contributed by atoms with Gasteiger partial charge < -0.3 is 15.2 Å². The van der Waals surface area contributed by atoms with E-state index in [9.17, 15) is 4.79 Å². The quantitative estimate of drug-likeness (QED) is 0.835. The van der Waals surface area contributed by atoms with Crippen LogP contribution in [-0.4, -0.2) is 69.5 Å². The number of H-pyrrole nitrogens is 1. The molecule has 4 rings (SSSR count). The fraction of sp³-hybridized carbons (Fsp3) is 0.667. The number of hydrogen-bond acceptors (Lipinski definition) is 6. The molecule has 0 bridgehead atoms. The highest BCUT2D eigenvalue weighted by Gasteiger charge is 2.29. The second-order valence-corrected chi connectivity index (χ2v) is 7.25. The number of amides is 1. The summed E-state index contributed by atoms with van der Waals surface area (Å²) in [6.45, 7) is 6.77. The first-order chi connectivity index (χ1) is 12.8. The molecule has 2 fully saturated rings. The first kappa shape index (κ1) is 17.2. The van der Waals surface area contributed by atoms with Crippen LogP contribution in [0.25, 0.3) is 11.2 Å². The Balaban J connectivity index is 1.39. The molecule has 0 aromatic carbocycles. The smallest absolute Gasteiger partial charge is 0.224 e. The van der Waals surface area contributed by atoms with Crippen LogP contribution in [0.1, 0.15) is 32.6 Å². The topological polar surface area (TPSA) is 90.0 Å². The summed E-state index contributed by atoms with van der Waals surface area (Å²) in [6.07, 6.45) is 7.52. The Morgan fingerprint density at radius 2 is 2.15 bits per heavy atom. The molecule has 0 unspecified atom stereocenters. The van der Waals surface area contributed by atoms with Gasteiger partial charge in [-0.3, -0.25) is 9.69 Å². The van der Waals surface area contributed by atoms with Gasteiger partial charge in [0.1, 0.15) is 11.8 Å². The van der Waals surface area contributed by atoms with Gasteiger partial charge in [0.05, 0.1) is 12.2 Å². The summed E-state index contributed by atoms with van der Waals surface area (Å²) >= 11 is 0. The van der Waals surface area contributed by atoms with E-state index in [4.69, 9.17) is 0 Å². The zero-order valence-electron chi connectivity index (χ0n) is 15.3. The van der Waals surface area contributed by atoms with Gasteiger partial charge >= 0.3 is 0 Å². The number of imidazole rings is 1. The van der Waals surface area contributed by atoms with E-state index in [2.05, 4.69) is 42.0 Å². The summed E-state index contributed by atoms with van der Waals surface area (Å²) in [5, 5.41) is 3.20. The summed E-state index contributed by atoms with van der Waals surface area (Å²) in [6, 6.07) is 0.495. The molecule has 0 saturated carbocycles. The number of carbonyl (C=O) groups is 1. The first-order valence-electron chi connectivity index (χ1n) is 9.67. The number of nitrogens with one attached hydrogen (secondary N) is 2. The maximum Gasteiger partial charge on any atom is 0.224 e. The zero-order chi connectivity index (χ0) is 17.9. The van der Waals surface area contributed by atoms with Crippen molar-refractivity contribution in [1.82, 2.24) is 30.2 Å². The average Bonchev–Trinajstić information content (AvgIpc) is 3.34. The Morgan fingerprint density at radius 1 is 1.27 bits per heavy atom. The highest BCUT2D eigenvalue weighted by Crippen LogP contribution is 2.26. The van der Waals surface area contributed by atoms with Gasteiger partial charge in [0.25, 0.3) is 0 Å². The third-order valence-electron chi connectivity index (χ3n) is 5.71. The van der Waals surface area contributed by atoms with Gasteiger partial charge in [-0.05, 0) is 38.8 Å². The van der Waals surface area contributed by atoms with E-state index in [1.54, 1.807) is 12.7 Å². The van der Waals surface area contributed by atoms with Crippen molar-refractivity contribution in [3.8, 4) is 0 Å². The number of aromatic amines is 1. The average molecular weight is 357 g/mol. The van der Waals surface area contributed by atoms with Crippen LogP contribution in [0.2, 0.25) is 0 Å². The Labute approximate surface area is 153 Å². The van der Waals surface area contributed by atoms with Crippen molar-refractivity contribution in [2.75, 3.05) is 37.6 Å². The van der Waals surface area contributed by atoms with Gasteiger partial charge in [-0.15, -0.1) is 0 Å². The second kappa shape index (κ2) is 7.57. The lowest BCUT2D eigenvalue weighted by molar-refractivity contribution is -0.125. The van der Waals surface area contributed by atoms with Gasteiger partial charge in [0.15, 0.2) is 11.5 Å². The number of piperidine rings is 1. The fourth-order valence-electron chi connectivity index (χ4n) is 4.28. The lowest BCUT2D eigenvalue weighted by Crippen LogP contribution is -2.46. The molecule has 0 aliphatic carbocycles. The van der Waals surface area contributed by atoms with Crippen molar-refractivity contribution in [3.63, 3.8) is 0 Å². The molecule has 2 aliphatic rings. The van der Waals surface area contributed by atoms with E-state index in [-0.39, 0.29) is 11.8 Å². The Bertz CT molecular complexity index is 761. The molecule has 140 valence electrons. The summed E-state index contributed by atoms with van der Waals surface area (Å²) in [4.78, 5) is 33.3. The van der Waals surface area contributed by atoms with Crippen LogP contribution >= 0.6 is 0 Å². The minimum Gasteiger partial charge on any atom is -0.354 e. The van der Waals surface area contributed by atoms with Crippen LogP contribution in [0.3, 0.4) is 0 Å². The molecule has 4 heterocycles. The Hall–Kier alpha value is -2.22. The highest BCUT2D eigenvalue weighted by atomic mass is 16.1. The lowest BCUT2D eigenvalue weighted by Gasteiger charge is -2.33.